The maximum Gasteiger partial charge on any atom is 0.188 e. The Kier molecular flexibility index (Phi) is 3.78. The first-order valence-electron chi connectivity index (χ1n) is 3.17. The molecule has 0 saturated heterocycles. The minimum atomic E-state index is 0.157. The average molecular weight is 252 g/mol. The lowest BCUT2D eigenvalue weighted by molar-refractivity contribution is 0.0504. The lowest BCUT2D eigenvalue weighted by Gasteiger charge is -2.06. The Bertz CT molecular complexity index is 249. The molecule has 0 spiro atoms. The molecule has 0 aliphatic rings. The Hall–Kier alpha value is -0.320. The summed E-state index contributed by atoms with van der Waals surface area (Å²) in [6.07, 6.45) is 1.59. The summed E-state index contributed by atoms with van der Waals surface area (Å²) in [5, 5.41) is 0.321. The van der Waals surface area contributed by atoms with Crippen molar-refractivity contribution >= 4 is 27.5 Å². The first-order valence-corrected chi connectivity index (χ1v) is 4.34. The Balaban J connectivity index is 2.81. The predicted octanol–water partition coefficient (Wildman–Crippen LogP) is 2.48. The molecule has 5 heteroatoms. The van der Waals surface area contributed by atoms with Crippen LogP contribution in [0, 0.1) is 0 Å². The van der Waals surface area contributed by atoms with Crippen LogP contribution in [0.25, 0.3) is 0 Å². The van der Waals surface area contributed by atoms with Gasteiger partial charge in [-0.05, 0) is 22.0 Å². The van der Waals surface area contributed by atoms with Crippen molar-refractivity contribution in [3.63, 3.8) is 0 Å². The molecule has 66 valence electrons. The maximum atomic E-state index is 5.74. The van der Waals surface area contributed by atoms with Gasteiger partial charge >= 0.3 is 0 Å². The van der Waals surface area contributed by atoms with E-state index in [-0.39, 0.29) is 6.79 Å². The molecule has 0 amide bonds. The van der Waals surface area contributed by atoms with Crippen LogP contribution >= 0.6 is 27.5 Å². The number of rotatable bonds is 3. The van der Waals surface area contributed by atoms with Gasteiger partial charge in [0.15, 0.2) is 17.7 Å². The van der Waals surface area contributed by atoms with Crippen LogP contribution in [0.2, 0.25) is 5.15 Å². The molecule has 0 aromatic carbocycles. The van der Waals surface area contributed by atoms with Crippen LogP contribution in [0.1, 0.15) is 0 Å². The van der Waals surface area contributed by atoms with Gasteiger partial charge in [-0.15, -0.1) is 0 Å². The molecule has 0 fully saturated rings. The zero-order chi connectivity index (χ0) is 8.97. The van der Waals surface area contributed by atoms with Crippen LogP contribution < -0.4 is 4.74 Å². The van der Waals surface area contributed by atoms with Crippen molar-refractivity contribution in [2.24, 2.45) is 0 Å². The van der Waals surface area contributed by atoms with Crippen LogP contribution in [0.4, 0.5) is 0 Å². The van der Waals surface area contributed by atoms with Gasteiger partial charge in [-0.2, -0.15) is 0 Å². The Morgan fingerprint density at radius 3 is 3.00 bits per heavy atom. The molecule has 12 heavy (non-hydrogen) atoms. The first-order chi connectivity index (χ1) is 5.75. The van der Waals surface area contributed by atoms with E-state index in [1.807, 2.05) is 0 Å². The van der Waals surface area contributed by atoms with Crippen molar-refractivity contribution in [1.29, 1.82) is 0 Å². The fourth-order valence-electron chi connectivity index (χ4n) is 0.647. The highest BCUT2D eigenvalue weighted by Crippen LogP contribution is 2.30. The van der Waals surface area contributed by atoms with Crippen LogP contribution in [-0.4, -0.2) is 18.9 Å². The molecule has 1 aromatic heterocycles. The van der Waals surface area contributed by atoms with E-state index in [0.29, 0.717) is 10.9 Å². The molecule has 0 N–H and O–H groups in total. The van der Waals surface area contributed by atoms with Gasteiger partial charge < -0.3 is 9.47 Å². The third-order valence-corrected chi connectivity index (χ3v) is 2.03. The van der Waals surface area contributed by atoms with Crippen molar-refractivity contribution in [3.05, 3.63) is 21.9 Å². The van der Waals surface area contributed by atoms with Crippen LogP contribution in [0.5, 0.6) is 5.75 Å². The zero-order valence-corrected chi connectivity index (χ0v) is 8.72. The minimum Gasteiger partial charge on any atom is -0.463 e. The topological polar surface area (TPSA) is 31.4 Å². The zero-order valence-electron chi connectivity index (χ0n) is 6.38. The second kappa shape index (κ2) is 4.64. The average Bonchev–Trinajstić information content (AvgIpc) is 2.04. The minimum absolute atomic E-state index is 0.157. The van der Waals surface area contributed by atoms with Gasteiger partial charge in [0.25, 0.3) is 0 Å². The first kappa shape index (κ1) is 9.77. The summed E-state index contributed by atoms with van der Waals surface area (Å²) in [7, 11) is 1.54. The fraction of sp³-hybridized carbons (Fsp3) is 0.286. The molecule has 0 atom stereocenters. The van der Waals surface area contributed by atoms with Gasteiger partial charge in [0.05, 0.1) is 4.47 Å². The van der Waals surface area contributed by atoms with E-state index in [1.54, 1.807) is 12.3 Å². The van der Waals surface area contributed by atoms with Crippen LogP contribution in [0.3, 0.4) is 0 Å². The highest BCUT2D eigenvalue weighted by atomic mass is 79.9. The molecule has 0 saturated carbocycles. The number of halogens is 2. The summed E-state index contributed by atoms with van der Waals surface area (Å²) in [4.78, 5) is 3.85. The molecule has 3 nitrogen and oxygen atoms in total. The smallest absolute Gasteiger partial charge is 0.188 e. The molecule has 1 heterocycles. The van der Waals surface area contributed by atoms with E-state index < -0.39 is 0 Å². The van der Waals surface area contributed by atoms with E-state index in [0.717, 1.165) is 4.47 Å². The fourth-order valence-corrected chi connectivity index (χ4v) is 1.39. The second-order valence-electron chi connectivity index (χ2n) is 1.96. The van der Waals surface area contributed by atoms with Crippen molar-refractivity contribution in [1.82, 2.24) is 4.98 Å². The van der Waals surface area contributed by atoms with Gasteiger partial charge in [0, 0.05) is 13.3 Å². The van der Waals surface area contributed by atoms with E-state index >= 15 is 0 Å². The van der Waals surface area contributed by atoms with Gasteiger partial charge in [-0.1, -0.05) is 11.6 Å². The van der Waals surface area contributed by atoms with Crippen molar-refractivity contribution in [2.75, 3.05) is 13.9 Å². The summed E-state index contributed by atoms with van der Waals surface area (Å²) in [6.45, 7) is 0.157. The Morgan fingerprint density at radius 2 is 2.42 bits per heavy atom. The van der Waals surface area contributed by atoms with E-state index in [4.69, 9.17) is 21.1 Å². The van der Waals surface area contributed by atoms with Gasteiger partial charge in [-0.3, -0.25) is 0 Å². The van der Waals surface area contributed by atoms with Gasteiger partial charge in [0.1, 0.15) is 0 Å². The molecule has 0 radical (unpaired) electrons. The molecule has 0 unspecified atom stereocenters. The largest absolute Gasteiger partial charge is 0.463 e. The highest BCUT2D eigenvalue weighted by molar-refractivity contribution is 9.10. The maximum absolute atomic E-state index is 5.74. The van der Waals surface area contributed by atoms with Crippen LogP contribution in [0.15, 0.2) is 16.7 Å². The summed E-state index contributed by atoms with van der Waals surface area (Å²) in [6, 6.07) is 1.75. The highest BCUT2D eigenvalue weighted by Gasteiger charge is 2.06. The summed E-state index contributed by atoms with van der Waals surface area (Å²) in [5.74, 6) is 0.501. The monoisotopic (exact) mass is 251 g/mol. The number of hydrogen-bond acceptors (Lipinski definition) is 3. The van der Waals surface area contributed by atoms with Crippen molar-refractivity contribution < 1.29 is 9.47 Å². The summed E-state index contributed by atoms with van der Waals surface area (Å²) >= 11 is 9.02. The molecule has 0 aliphatic carbocycles. The Labute approximate surface area is 83.8 Å². The Morgan fingerprint density at radius 1 is 1.67 bits per heavy atom. The standard InChI is InChI=1S/C7H7BrClNO2/c1-11-4-12-6-5(8)2-3-10-7(6)9/h2-3H,4H2,1H3. The predicted molar refractivity (Wildman–Crippen MR) is 49.5 cm³/mol. The molecule has 1 rings (SSSR count). The lowest BCUT2D eigenvalue weighted by Crippen LogP contribution is -2.00. The summed E-state index contributed by atoms with van der Waals surface area (Å²) in [5.41, 5.74) is 0. The third-order valence-electron chi connectivity index (χ3n) is 1.13. The molecular weight excluding hydrogens is 245 g/mol. The lowest BCUT2D eigenvalue weighted by atomic mass is 10.5. The normalized spacial score (nSPS) is 9.92. The number of aromatic nitrogens is 1. The summed E-state index contributed by atoms with van der Waals surface area (Å²) < 4.78 is 10.6. The second-order valence-corrected chi connectivity index (χ2v) is 3.18. The van der Waals surface area contributed by atoms with Crippen LogP contribution in [-0.2, 0) is 4.74 Å². The SMILES string of the molecule is COCOc1c(Br)ccnc1Cl. The molecule has 1 aromatic rings. The van der Waals surface area contributed by atoms with E-state index in [2.05, 4.69) is 20.9 Å². The number of hydrogen-bond donors (Lipinski definition) is 0. The number of methoxy groups -OCH3 is 1. The number of ether oxygens (including phenoxy) is 2. The third kappa shape index (κ3) is 2.33. The van der Waals surface area contributed by atoms with E-state index in [1.165, 1.54) is 7.11 Å². The molecule has 0 bridgehead atoms. The number of nitrogens with zero attached hydrogens (tertiary/aromatic N) is 1. The number of pyridine rings is 1. The molecular formula is C7H7BrClNO2. The van der Waals surface area contributed by atoms with Gasteiger partial charge in [-0.25, -0.2) is 4.98 Å². The van der Waals surface area contributed by atoms with Crippen molar-refractivity contribution in [3.8, 4) is 5.75 Å². The quantitative estimate of drug-likeness (QED) is 0.612. The van der Waals surface area contributed by atoms with E-state index in [9.17, 15) is 0 Å². The van der Waals surface area contributed by atoms with Crippen molar-refractivity contribution in [2.45, 2.75) is 0 Å². The van der Waals surface area contributed by atoms with Gasteiger partial charge in [0.2, 0.25) is 0 Å². The molecule has 0 aliphatic heterocycles.